The van der Waals surface area contributed by atoms with Crippen LogP contribution in [0, 0.1) is 6.92 Å². The Labute approximate surface area is 86.5 Å². The van der Waals surface area contributed by atoms with Gasteiger partial charge in [0, 0.05) is 6.07 Å². The van der Waals surface area contributed by atoms with E-state index in [1.807, 2.05) is 13.0 Å². The number of aliphatic hydroxyl groups is 1. The highest BCUT2D eigenvalue weighted by molar-refractivity contribution is 5.04. The van der Waals surface area contributed by atoms with Gasteiger partial charge < -0.3 is 9.63 Å². The molecule has 80 valence electrons. The lowest BCUT2D eigenvalue weighted by Gasteiger charge is -1.95. The van der Waals surface area contributed by atoms with Gasteiger partial charge in [-0.2, -0.15) is 0 Å². The van der Waals surface area contributed by atoms with E-state index in [0.717, 1.165) is 11.5 Å². The van der Waals surface area contributed by atoms with Gasteiger partial charge in [-0.3, -0.25) is 0 Å². The maximum atomic E-state index is 9.26. The number of nitrogens with zero attached hydrogens (tertiary/aromatic N) is 4. The Bertz CT molecular complexity index is 446. The molecule has 6 heteroatoms. The summed E-state index contributed by atoms with van der Waals surface area (Å²) in [6, 6.07) is 1.84. The van der Waals surface area contributed by atoms with Crippen molar-refractivity contribution in [2.75, 3.05) is 0 Å². The van der Waals surface area contributed by atoms with Crippen molar-refractivity contribution >= 4 is 0 Å². The molecule has 0 spiro atoms. The van der Waals surface area contributed by atoms with Crippen LogP contribution in [0.4, 0.5) is 0 Å². The second-order valence-electron chi connectivity index (χ2n) is 3.45. The minimum Gasteiger partial charge on any atom is -0.387 e. The van der Waals surface area contributed by atoms with Crippen molar-refractivity contribution in [3.05, 3.63) is 29.4 Å². The average Bonchev–Trinajstić information content (AvgIpc) is 2.76. The third-order valence-electron chi connectivity index (χ3n) is 1.99. The highest BCUT2D eigenvalue weighted by atomic mass is 16.5. The summed E-state index contributed by atoms with van der Waals surface area (Å²) in [6.45, 7) is 3.98. The molecule has 2 aromatic rings. The monoisotopic (exact) mass is 208 g/mol. The Hall–Kier alpha value is -1.69. The molecular weight excluding hydrogens is 196 g/mol. The predicted molar refractivity (Wildman–Crippen MR) is 51.0 cm³/mol. The van der Waals surface area contributed by atoms with E-state index in [0.29, 0.717) is 12.2 Å². The molecular formula is C9H12N4O2. The lowest BCUT2D eigenvalue weighted by Crippen LogP contribution is -2.00. The molecule has 1 unspecified atom stereocenters. The van der Waals surface area contributed by atoms with E-state index in [2.05, 4.69) is 15.5 Å². The van der Waals surface area contributed by atoms with Crippen LogP contribution in [0.15, 0.2) is 16.8 Å². The number of rotatable bonds is 3. The van der Waals surface area contributed by atoms with Gasteiger partial charge in [0.1, 0.15) is 17.1 Å². The molecule has 0 saturated heterocycles. The number of aryl methyl sites for hydroxylation is 1. The van der Waals surface area contributed by atoms with E-state index in [1.165, 1.54) is 0 Å². The van der Waals surface area contributed by atoms with Crippen LogP contribution in [-0.2, 0) is 6.54 Å². The standard InChI is InChI=1S/C9H12N4O2/c1-6-3-8(11-15-6)4-13-5-9(7(2)14)10-12-13/h3,5,7,14H,4H2,1-2H3. The normalized spacial score (nSPS) is 13.0. The second kappa shape index (κ2) is 3.82. The summed E-state index contributed by atoms with van der Waals surface area (Å²) in [5.74, 6) is 0.765. The van der Waals surface area contributed by atoms with Crippen LogP contribution in [0.1, 0.15) is 30.2 Å². The van der Waals surface area contributed by atoms with Crippen molar-refractivity contribution < 1.29 is 9.63 Å². The highest BCUT2D eigenvalue weighted by Gasteiger charge is 2.07. The molecule has 1 atom stereocenters. The molecule has 1 N–H and O–H groups in total. The van der Waals surface area contributed by atoms with Gasteiger partial charge in [0.05, 0.1) is 18.8 Å². The maximum absolute atomic E-state index is 9.26. The molecule has 2 aromatic heterocycles. The maximum Gasteiger partial charge on any atom is 0.133 e. The first kappa shape index (κ1) is 9.85. The van der Waals surface area contributed by atoms with Crippen molar-refractivity contribution in [3.8, 4) is 0 Å². The molecule has 2 heterocycles. The third kappa shape index (κ3) is 2.21. The van der Waals surface area contributed by atoms with E-state index in [-0.39, 0.29) is 0 Å². The van der Waals surface area contributed by atoms with Gasteiger partial charge in [-0.1, -0.05) is 10.4 Å². The smallest absolute Gasteiger partial charge is 0.133 e. The first-order valence-electron chi connectivity index (χ1n) is 4.65. The van der Waals surface area contributed by atoms with Gasteiger partial charge in [-0.15, -0.1) is 5.10 Å². The van der Waals surface area contributed by atoms with Crippen LogP contribution in [0.2, 0.25) is 0 Å². The number of hydrogen-bond donors (Lipinski definition) is 1. The Balaban J connectivity index is 2.11. The zero-order chi connectivity index (χ0) is 10.8. The van der Waals surface area contributed by atoms with Gasteiger partial charge in [-0.25, -0.2) is 4.68 Å². The molecule has 0 aliphatic rings. The van der Waals surface area contributed by atoms with Crippen LogP contribution in [0.25, 0.3) is 0 Å². The van der Waals surface area contributed by atoms with E-state index in [1.54, 1.807) is 17.8 Å². The fraction of sp³-hybridized carbons (Fsp3) is 0.444. The number of hydrogen-bond acceptors (Lipinski definition) is 5. The quantitative estimate of drug-likeness (QED) is 0.802. The molecule has 0 aromatic carbocycles. The second-order valence-corrected chi connectivity index (χ2v) is 3.45. The SMILES string of the molecule is Cc1cc(Cn2cc(C(C)O)nn2)no1. The Morgan fingerprint density at radius 3 is 2.93 bits per heavy atom. The van der Waals surface area contributed by atoms with Crippen molar-refractivity contribution in [2.45, 2.75) is 26.5 Å². The molecule has 0 bridgehead atoms. The molecule has 15 heavy (non-hydrogen) atoms. The summed E-state index contributed by atoms with van der Waals surface area (Å²) < 4.78 is 6.54. The summed E-state index contributed by atoms with van der Waals surface area (Å²) >= 11 is 0. The summed E-state index contributed by atoms with van der Waals surface area (Å²) in [6.07, 6.45) is 1.09. The molecule has 2 rings (SSSR count). The van der Waals surface area contributed by atoms with E-state index < -0.39 is 6.10 Å². The van der Waals surface area contributed by atoms with Crippen LogP contribution in [-0.4, -0.2) is 25.3 Å². The zero-order valence-electron chi connectivity index (χ0n) is 8.58. The molecule has 0 aliphatic heterocycles. The first-order valence-corrected chi connectivity index (χ1v) is 4.65. The average molecular weight is 208 g/mol. The van der Waals surface area contributed by atoms with Crippen LogP contribution in [0.3, 0.4) is 0 Å². The van der Waals surface area contributed by atoms with E-state index in [9.17, 15) is 5.11 Å². The van der Waals surface area contributed by atoms with Crippen LogP contribution < -0.4 is 0 Å². The third-order valence-corrected chi connectivity index (χ3v) is 1.99. The van der Waals surface area contributed by atoms with Gasteiger partial charge in [0.15, 0.2) is 0 Å². The lowest BCUT2D eigenvalue weighted by molar-refractivity contribution is 0.194. The van der Waals surface area contributed by atoms with Gasteiger partial charge in [0.25, 0.3) is 0 Å². The van der Waals surface area contributed by atoms with Crippen molar-refractivity contribution in [2.24, 2.45) is 0 Å². The van der Waals surface area contributed by atoms with Gasteiger partial charge in [-0.05, 0) is 13.8 Å². The summed E-state index contributed by atoms with van der Waals surface area (Å²) in [5.41, 5.74) is 1.34. The number of aromatic nitrogens is 4. The molecule has 6 nitrogen and oxygen atoms in total. The largest absolute Gasteiger partial charge is 0.387 e. The summed E-state index contributed by atoms with van der Waals surface area (Å²) in [5, 5.41) is 20.8. The van der Waals surface area contributed by atoms with Gasteiger partial charge in [0.2, 0.25) is 0 Å². The topological polar surface area (TPSA) is 77.0 Å². The Morgan fingerprint density at radius 2 is 2.40 bits per heavy atom. The van der Waals surface area contributed by atoms with Crippen LogP contribution >= 0.6 is 0 Å². The minimum atomic E-state index is -0.599. The predicted octanol–water partition coefficient (Wildman–Crippen LogP) is 0.676. The summed E-state index contributed by atoms with van der Waals surface area (Å²) in [7, 11) is 0. The van der Waals surface area contributed by atoms with Crippen molar-refractivity contribution in [3.63, 3.8) is 0 Å². The minimum absolute atomic E-state index is 0.497. The Morgan fingerprint density at radius 1 is 1.60 bits per heavy atom. The van der Waals surface area contributed by atoms with E-state index >= 15 is 0 Å². The van der Waals surface area contributed by atoms with E-state index in [4.69, 9.17) is 4.52 Å². The molecule has 0 amide bonds. The fourth-order valence-corrected chi connectivity index (χ4v) is 1.24. The number of aliphatic hydroxyl groups excluding tert-OH is 1. The molecule has 0 aliphatic carbocycles. The van der Waals surface area contributed by atoms with Gasteiger partial charge >= 0.3 is 0 Å². The molecule has 0 radical (unpaired) electrons. The molecule has 0 fully saturated rings. The highest BCUT2D eigenvalue weighted by Crippen LogP contribution is 2.08. The lowest BCUT2D eigenvalue weighted by atomic mass is 10.3. The van der Waals surface area contributed by atoms with Crippen LogP contribution in [0.5, 0.6) is 0 Å². The molecule has 0 saturated carbocycles. The zero-order valence-corrected chi connectivity index (χ0v) is 8.58. The Kier molecular flexibility index (Phi) is 2.51. The van der Waals surface area contributed by atoms with Crippen molar-refractivity contribution in [1.29, 1.82) is 0 Å². The van der Waals surface area contributed by atoms with Crippen molar-refractivity contribution in [1.82, 2.24) is 20.2 Å². The summed E-state index contributed by atoms with van der Waals surface area (Å²) in [4.78, 5) is 0. The first-order chi connectivity index (χ1) is 7.15. The fourth-order valence-electron chi connectivity index (χ4n) is 1.24.